The minimum absolute atomic E-state index is 0.0685. The predicted octanol–water partition coefficient (Wildman–Crippen LogP) is 2.95. The molecular weight excluding hydrogens is 300 g/mol. The normalized spacial score (nSPS) is 10.6. The number of amides is 1. The second-order valence-corrected chi connectivity index (χ2v) is 5.60. The van der Waals surface area contributed by atoms with Gasteiger partial charge in [-0.2, -0.15) is 0 Å². The zero-order chi connectivity index (χ0) is 16.9. The van der Waals surface area contributed by atoms with E-state index in [0.29, 0.717) is 5.56 Å². The van der Waals surface area contributed by atoms with Crippen LogP contribution in [0, 0.1) is 6.92 Å². The molecule has 0 saturated heterocycles. The number of aryl methyl sites for hydroxylation is 1. The van der Waals surface area contributed by atoms with Gasteiger partial charge in [0.2, 0.25) is 0 Å². The van der Waals surface area contributed by atoms with E-state index in [1.54, 1.807) is 7.05 Å². The number of benzene rings is 2. The topological polar surface area (TPSA) is 66.9 Å². The van der Waals surface area contributed by atoms with E-state index in [0.717, 1.165) is 41.1 Å². The maximum atomic E-state index is 11.7. The number of para-hydroxylation sites is 2. The van der Waals surface area contributed by atoms with Crippen LogP contribution in [-0.2, 0) is 6.42 Å². The highest BCUT2D eigenvalue weighted by Crippen LogP contribution is 2.16. The van der Waals surface area contributed by atoms with Crippen LogP contribution in [0.15, 0.2) is 48.5 Å². The van der Waals surface area contributed by atoms with Crippen LogP contribution in [0.3, 0.4) is 0 Å². The summed E-state index contributed by atoms with van der Waals surface area (Å²) in [6.45, 7) is 2.68. The molecule has 0 spiro atoms. The van der Waals surface area contributed by atoms with E-state index in [2.05, 4.69) is 20.6 Å². The highest BCUT2D eigenvalue weighted by atomic mass is 16.1. The quantitative estimate of drug-likeness (QED) is 0.758. The number of anilines is 1. The SMILES string of the molecule is CNC(=O)c1cccc(CCNc2nc3ccccc3nc2C)c1. The minimum Gasteiger partial charge on any atom is -0.368 e. The van der Waals surface area contributed by atoms with Crippen molar-refractivity contribution in [2.75, 3.05) is 18.9 Å². The molecule has 0 saturated carbocycles. The van der Waals surface area contributed by atoms with Gasteiger partial charge in [-0.1, -0.05) is 24.3 Å². The lowest BCUT2D eigenvalue weighted by Crippen LogP contribution is -2.18. The highest BCUT2D eigenvalue weighted by molar-refractivity contribution is 5.94. The highest BCUT2D eigenvalue weighted by Gasteiger charge is 2.06. The van der Waals surface area contributed by atoms with Gasteiger partial charge in [0.05, 0.1) is 16.7 Å². The molecule has 0 radical (unpaired) electrons. The molecule has 5 heteroatoms. The zero-order valence-corrected chi connectivity index (χ0v) is 13.8. The van der Waals surface area contributed by atoms with E-state index < -0.39 is 0 Å². The van der Waals surface area contributed by atoms with Crippen LogP contribution in [0.4, 0.5) is 5.82 Å². The second-order valence-electron chi connectivity index (χ2n) is 5.60. The molecule has 0 aliphatic rings. The van der Waals surface area contributed by atoms with Gasteiger partial charge in [-0.25, -0.2) is 9.97 Å². The van der Waals surface area contributed by atoms with Crippen LogP contribution in [-0.4, -0.2) is 29.5 Å². The van der Waals surface area contributed by atoms with Gasteiger partial charge in [-0.3, -0.25) is 4.79 Å². The lowest BCUT2D eigenvalue weighted by atomic mass is 10.1. The molecule has 1 amide bonds. The molecule has 122 valence electrons. The Morgan fingerprint density at radius 3 is 2.54 bits per heavy atom. The van der Waals surface area contributed by atoms with Crippen LogP contribution in [0.1, 0.15) is 21.6 Å². The van der Waals surface area contributed by atoms with Gasteiger partial charge in [0.15, 0.2) is 0 Å². The Hall–Kier alpha value is -2.95. The average Bonchev–Trinajstić information content (AvgIpc) is 2.61. The standard InChI is InChI=1S/C19H20N4O/c1-13-18(23-17-9-4-3-8-16(17)22-13)21-11-10-14-6-5-7-15(12-14)19(24)20-2/h3-9,12H,10-11H2,1-2H3,(H,20,24)(H,21,23). The first-order valence-electron chi connectivity index (χ1n) is 7.95. The fourth-order valence-corrected chi connectivity index (χ4v) is 2.59. The number of carbonyl (C=O) groups is 1. The Balaban J connectivity index is 1.68. The molecule has 0 aliphatic carbocycles. The van der Waals surface area contributed by atoms with Gasteiger partial charge in [-0.05, 0) is 43.2 Å². The molecule has 24 heavy (non-hydrogen) atoms. The van der Waals surface area contributed by atoms with Gasteiger partial charge in [0, 0.05) is 19.2 Å². The molecule has 0 bridgehead atoms. The number of nitrogens with zero attached hydrogens (tertiary/aromatic N) is 2. The minimum atomic E-state index is -0.0685. The smallest absolute Gasteiger partial charge is 0.251 e. The summed E-state index contributed by atoms with van der Waals surface area (Å²) in [6.07, 6.45) is 0.804. The molecule has 2 aromatic carbocycles. The second kappa shape index (κ2) is 7.08. The molecule has 1 heterocycles. The van der Waals surface area contributed by atoms with Crippen molar-refractivity contribution < 1.29 is 4.79 Å². The van der Waals surface area contributed by atoms with Crippen LogP contribution < -0.4 is 10.6 Å². The summed E-state index contributed by atoms with van der Waals surface area (Å²) in [5.74, 6) is 0.734. The molecule has 1 aromatic heterocycles. The van der Waals surface area contributed by atoms with E-state index in [-0.39, 0.29) is 5.91 Å². The molecule has 3 aromatic rings. The first-order chi connectivity index (χ1) is 11.7. The molecular formula is C19H20N4O. The van der Waals surface area contributed by atoms with Gasteiger partial charge >= 0.3 is 0 Å². The Morgan fingerprint density at radius 1 is 1.04 bits per heavy atom. The number of fused-ring (bicyclic) bond motifs is 1. The first-order valence-corrected chi connectivity index (χ1v) is 7.95. The lowest BCUT2D eigenvalue weighted by molar-refractivity contribution is 0.0963. The van der Waals surface area contributed by atoms with Crippen molar-refractivity contribution in [3.8, 4) is 0 Å². The van der Waals surface area contributed by atoms with Crippen molar-refractivity contribution in [1.29, 1.82) is 0 Å². The third-order valence-corrected chi connectivity index (χ3v) is 3.87. The summed E-state index contributed by atoms with van der Waals surface area (Å²) in [7, 11) is 1.64. The fraction of sp³-hybridized carbons (Fsp3) is 0.211. The maximum absolute atomic E-state index is 11.7. The molecule has 0 aliphatic heterocycles. The van der Waals surface area contributed by atoms with E-state index in [1.165, 1.54) is 0 Å². The molecule has 0 unspecified atom stereocenters. The van der Waals surface area contributed by atoms with Gasteiger partial charge < -0.3 is 10.6 Å². The summed E-state index contributed by atoms with van der Waals surface area (Å²) in [6, 6.07) is 15.5. The molecule has 0 fully saturated rings. The number of hydrogen-bond donors (Lipinski definition) is 2. The van der Waals surface area contributed by atoms with Crippen LogP contribution in [0.2, 0.25) is 0 Å². The van der Waals surface area contributed by atoms with E-state index in [9.17, 15) is 4.79 Å². The molecule has 3 rings (SSSR count). The lowest BCUT2D eigenvalue weighted by Gasteiger charge is -2.10. The fourth-order valence-electron chi connectivity index (χ4n) is 2.59. The van der Waals surface area contributed by atoms with Crippen molar-refractivity contribution in [2.45, 2.75) is 13.3 Å². The Labute approximate surface area is 141 Å². The number of nitrogens with one attached hydrogen (secondary N) is 2. The summed E-state index contributed by atoms with van der Waals surface area (Å²) in [4.78, 5) is 20.9. The number of rotatable bonds is 5. The van der Waals surface area contributed by atoms with Gasteiger partial charge in [0.1, 0.15) is 5.82 Å². The maximum Gasteiger partial charge on any atom is 0.251 e. The number of aromatic nitrogens is 2. The van der Waals surface area contributed by atoms with Crippen LogP contribution in [0.5, 0.6) is 0 Å². The largest absolute Gasteiger partial charge is 0.368 e. The third kappa shape index (κ3) is 3.51. The van der Waals surface area contributed by atoms with Gasteiger partial charge in [-0.15, -0.1) is 0 Å². The summed E-state index contributed by atoms with van der Waals surface area (Å²) in [5, 5.41) is 5.98. The first kappa shape index (κ1) is 15.9. The monoisotopic (exact) mass is 320 g/mol. The molecule has 0 atom stereocenters. The van der Waals surface area contributed by atoms with Crippen molar-refractivity contribution in [3.63, 3.8) is 0 Å². The van der Waals surface area contributed by atoms with E-state index >= 15 is 0 Å². The zero-order valence-electron chi connectivity index (χ0n) is 13.8. The number of hydrogen-bond acceptors (Lipinski definition) is 4. The third-order valence-electron chi connectivity index (χ3n) is 3.87. The Kier molecular flexibility index (Phi) is 4.70. The van der Waals surface area contributed by atoms with Gasteiger partial charge in [0.25, 0.3) is 5.91 Å². The van der Waals surface area contributed by atoms with E-state index in [1.807, 2.05) is 55.5 Å². The van der Waals surface area contributed by atoms with Crippen molar-refractivity contribution in [1.82, 2.24) is 15.3 Å². The summed E-state index contributed by atoms with van der Waals surface area (Å²) < 4.78 is 0. The van der Waals surface area contributed by atoms with Crippen LogP contribution >= 0.6 is 0 Å². The molecule has 2 N–H and O–H groups in total. The predicted molar refractivity (Wildman–Crippen MR) is 96.3 cm³/mol. The summed E-state index contributed by atoms with van der Waals surface area (Å²) in [5.41, 5.74) is 4.45. The Morgan fingerprint density at radius 2 is 1.79 bits per heavy atom. The number of carbonyl (C=O) groups excluding carboxylic acids is 1. The van der Waals surface area contributed by atoms with Crippen molar-refractivity contribution >= 4 is 22.8 Å². The Bertz CT molecular complexity index is 876. The van der Waals surface area contributed by atoms with Crippen LogP contribution in [0.25, 0.3) is 11.0 Å². The van der Waals surface area contributed by atoms with Crippen molar-refractivity contribution in [2.24, 2.45) is 0 Å². The molecule has 5 nitrogen and oxygen atoms in total. The summed E-state index contributed by atoms with van der Waals surface area (Å²) >= 11 is 0. The van der Waals surface area contributed by atoms with E-state index in [4.69, 9.17) is 0 Å². The van der Waals surface area contributed by atoms with Crippen molar-refractivity contribution in [3.05, 3.63) is 65.4 Å². The average molecular weight is 320 g/mol.